The highest BCUT2D eigenvalue weighted by Gasteiger charge is 2.14. The predicted molar refractivity (Wildman–Crippen MR) is 76.0 cm³/mol. The number of aryl methyl sites for hydroxylation is 1. The molecule has 0 aliphatic rings. The zero-order valence-corrected chi connectivity index (χ0v) is 10.9. The minimum Gasteiger partial charge on any atom is -0.409 e. The van der Waals surface area contributed by atoms with Gasteiger partial charge < -0.3 is 15.8 Å². The van der Waals surface area contributed by atoms with Crippen molar-refractivity contribution >= 4 is 17.3 Å². The first kappa shape index (κ1) is 12.9. The Morgan fingerprint density at radius 1 is 1.26 bits per heavy atom. The van der Waals surface area contributed by atoms with E-state index in [4.69, 9.17) is 10.9 Å². The average Bonchev–Trinajstić information content (AvgIpc) is 2.46. The third-order valence-electron chi connectivity index (χ3n) is 2.96. The number of benzene rings is 1. The van der Waals surface area contributed by atoms with Crippen LogP contribution in [0.3, 0.4) is 0 Å². The van der Waals surface area contributed by atoms with Gasteiger partial charge in [-0.3, -0.25) is 0 Å². The Morgan fingerprint density at radius 3 is 2.68 bits per heavy atom. The van der Waals surface area contributed by atoms with Crippen molar-refractivity contribution in [3.05, 3.63) is 53.7 Å². The maximum Gasteiger partial charge on any atom is 0.173 e. The summed E-state index contributed by atoms with van der Waals surface area (Å²) >= 11 is 0. The zero-order valence-electron chi connectivity index (χ0n) is 10.9. The Morgan fingerprint density at radius 2 is 2.00 bits per heavy atom. The molecular formula is C14H16N4O. The van der Waals surface area contributed by atoms with E-state index in [9.17, 15) is 0 Å². The Bertz CT molecular complexity index is 610. The summed E-state index contributed by atoms with van der Waals surface area (Å²) < 4.78 is 0. The summed E-state index contributed by atoms with van der Waals surface area (Å²) in [6, 6.07) is 11.5. The van der Waals surface area contributed by atoms with E-state index in [0.717, 1.165) is 11.3 Å². The number of rotatable bonds is 3. The number of pyridine rings is 1. The summed E-state index contributed by atoms with van der Waals surface area (Å²) in [6.07, 6.45) is 1.68. The fourth-order valence-corrected chi connectivity index (χ4v) is 1.97. The van der Waals surface area contributed by atoms with Crippen LogP contribution < -0.4 is 10.6 Å². The van der Waals surface area contributed by atoms with E-state index in [0.29, 0.717) is 11.4 Å². The van der Waals surface area contributed by atoms with E-state index in [-0.39, 0.29) is 5.84 Å². The van der Waals surface area contributed by atoms with Gasteiger partial charge in [0.05, 0.1) is 5.56 Å². The van der Waals surface area contributed by atoms with Gasteiger partial charge >= 0.3 is 0 Å². The first-order valence-corrected chi connectivity index (χ1v) is 5.87. The second-order valence-electron chi connectivity index (χ2n) is 4.21. The van der Waals surface area contributed by atoms with Gasteiger partial charge in [-0.05, 0) is 30.7 Å². The smallest absolute Gasteiger partial charge is 0.173 e. The molecule has 2 rings (SSSR count). The van der Waals surface area contributed by atoms with Gasteiger partial charge in [0.25, 0.3) is 0 Å². The average molecular weight is 256 g/mol. The van der Waals surface area contributed by atoms with Crippen molar-refractivity contribution in [1.29, 1.82) is 0 Å². The third kappa shape index (κ3) is 2.49. The monoisotopic (exact) mass is 256 g/mol. The molecule has 0 saturated heterocycles. The van der Waals surface area contributed by atoms with Crippen LogP contribution in [-0.4, -0.2) is 23.1 Å². The lowest BCUT2D eigenvalue weighted by Crippen LogP contribution is -2.21. The second kappa shape index (κ2) is 5.39. The van der Waals surface area contributed by atoms with Crippen molar-refractivity contribution in [1.82, 2.24) is 4.98 Å². The Hall–Kier alpha value is -2.56. The van der Waals surface area contributed by atoms with Gasteiger partial charge in [-0.25, -0.2) is 4.98 Å². The van der Waals surface area contributed by atoms with E-state index in [1.165, 1.54) is 0 Å². The van der Waals surface area contributed by atoms with E-state index in [2.05, 4.69) is 10.1 Å². The van der Waals surface area contributed by atoms with Crippen molar-refractivity contribution in [3.63, 3.8) is 0 Å². The molecule has 0 amide bonds. The molecule has 0 aliphatic carbocycles. The molecular weight excluding hydrogens is 240 g/mol. The lowest BCUT2D eigenvalue weighted by atomic mass is 10.1. The summed E-state index contributed by atoms with van der Waals surface area (Å²) in [6.45, 7) is 2.03. The fraction of sp³-hybridized carbons (Fsp3) is 0.143. The summed E-state index contributed by atoms with van der Waals surface area (Å²) in [5.74, 6) is 0.690. The van der Waals surface area contributed by atoms with Crippen LogP contribution >= 0.6 is 0 Å². The van der Waals surface area contributed by atoms with Crippen molar-refractivity contribution in [2.24, 2.45) is 10.9 Å². The number of aromatic nitrogens is 1. The molecule has 2 aromatic rings. The molecule has 1 aromatic carbocycles. The standard InChI is InChI=1S/C14H16N4O/c1-10-6-3-4-8-12(10)18(2)14-11(13(15)17-19)7-5-9-16-14/h3-9,19H,1-2H3,(H2,15,17). The van der Waals surface area contributed by atoms with E-state index < -0.39 is 0 Å². The maximum atomic E-state index is 8.84. The maximum absolute atomic E-state index is 8.84. The first-order chi connectivity index (χ1) is 9.15. The molecule has 0 atom stereocenters. The van der Waals surface area contributed by atoms with Gasteiger partial charge in [0, 0.05) is 18.9 Å². The van der Waals surface area contributed by atoms with Gasteiger partial charge in [-0.15, -0.1) is 0 Å². The number of amidine groups is 1. The molecule has 5 nitrogen and oxygen atoms in total. The highest BCUT2D eigenvalue weighted by atomic mass is 16.4. The minimum absolute atomic E-state index is 0.0449. The highest BCUT2D eigenvalue weighted by Crippen LogP contribution is 2.27. The molecule has 0 saturated carbocycles. The number of nitrogens with two attached hydrogens (primary N) is 1. The van der Waals surface area contributed by atoms with Crippen LogP contribution in [0.1, 0.15) is 11.1 Å². The zero-order chi connectivity index (χ0) is 13.8. The molecule has 98 valence electrons. The van der Waals surface area contributed by atoms with Crippen LogP contribution in [0.15, 0.2) is 47.8 Å². The first-order valence-electron chi connectivity index (χ1n) is 5.87. The number of oxime groups is 1. The van der Waals surface area contributed by atoms with Gasteiger partial charge in [0.15, 0.2) is 5.84 Å². The van der Waals surface area contributed by atoms with Crippen LogP contribution in [0, 0.1) is 6.92 Å². The molecule has 1 heterocycles. The van der Waals surface area contributed by atoms with Gasteiger partial charge in [0.1, 0.15) is 5.82 Å². The SMILES string of the molecule is Cc1ccccc1N(C)c1ncccc1C(N)=NO. The summed E-state index contributed by atoms with van der Waals surface area (Å²) in [5.41, 5.74) is 8.42. The summed E-state index contributed by atoms with van der Waals surface area (Å²) in [5, 5.41) is 11.9. The van der Waals surface area contributed by atoms with Gasteiger partial charge in [-0.1, -0.05) is 23.4 Å². The van der Waals surface area contributed by atoms with Crippen LogP contribution in [0.5, 0.6) is 0 Å². The van der Waals surface area contributed by atoms with Crippen LogP contribution in [0.25, 0.3) is 0 Å². The molecule has 19 heavy (non-hydrogen) atoms. The van der Waals surface area contributed by atoms with Gasteiger partial charge in [0.2, 0.25) is 0 Å². The summed E-state index contributed by atoms with van der Waals surface area (Å²) in [7, 11) is 1.90. The largest absolute Gasteiger partial charge is 0.409 e. The summed E-state index contributed by atoms with van der Waals surface area (Å²) in [4.78, 5) is 6.24. The van der Waals surface area contributed by atoms with Crippen molar-refractivity contribution in [2.45, 2.75) is 6.92 Å². The van der Waals surface area contributed by atoms with E-state index >= 15 is 0 Å². The predicted octanol–water partition coefficient (Wildman–Crippen LogP) is 2.25. The number of hydrogen-bond acceptors (Lipinski definition) is 4. The highest BCUT2D eigenvalue weighted by molar-refractivity contribution is 6.02. The van der Waals surface area contributed by atoms with Crippen molar-refractivity contribution in [2.75, 3.05) is 11.9 Å². The molecule has 0 radical (unpaired) electrons. The third-order valence-corrected chi connectivity index (χ3v) is 2.96. The van der Waals surface area contributed by atoms with Crippen LogP contribution in [-0.2, 0) is 0 Å². The Kier molecular flexibility index (Phi) is 3.66. The Labute approximate surface area is 112 Å². The van der Waals surface area contributed by atoms with Crippen molar-refractivity contribution in [3.8, 4) is 0 Å². The molecule has 1 aromatic heterocycles. The fourth-order valence-electron chi connectivity index (χ4n) is 1.97. The molecule has 0 unspecified atom stereocenters. The number of anilines is 2. The number of hydrogen-bond donors (Lipinski definition) is 2. The van der Waals surface area contributed by atoms with Gasteiger partial charge in [-0.2, -0.15) is 0 Å². The number of nitrogens with zero attached hydrogens (tertiary/aromatic N) is 3. The van der Waals surface area contributed by atoms with Crippen LogP contribution in [0.2, 0.25) is 0 Å². The van der Waals surface area contributed by atoms with Crippen molar-refractivity contribution < 1.29 is 5.21 Å². The molecule has 3 N–H and O–H groups in total. The lowest BCUT2D eigenvalue weighted by Gasteiger charge is -2.22. The minimum atomic E-state index is 0.0449. The lowest BCUT2D eigenvalue weighted by molar-refractivity contribution is 0.318. The van der Waals surface area contributed by atoms with Crippen LogP contribution in [0.4, 0.5) is 11.5 Å². The Balaban J connectivity index is 2.51. The molecule has 0 bridgehead atoms. The van der Waals surface area contributed by atoms with E-state index in [1.54, 1.807) is 18.3 Å². The topological polar surface area (TPSA) is 74.7 Å². The molecule has 0 aliphatic heterocycles. The quantitative estimate of drug-likeness (QED) is 0.382. The molecule has 0 spiro atoms. The molecule has 5 heteroatoms. The number of para-hydroxylation sites is 1. The molecule has 0 fully saturated rings. The van der Waals surface area contributed by atoms with E-state index in [1.807, 2.05) is 43.1 Å². The second-order valence-corrected chi connectivity index (χ2v) is 4.21. The normalized spacial score (nSPS) is 11.4.